The monoisotopic (exact) mass is 599 g/mol. The number of hydrogen-bond donors (Lipinski definition) is 3. The third kappa shape index (κ3) is 10.7. The van der Waals surface area contributed by atoms with E-state index in [2.05, 4.69) is 49.6 Å². The van der Waals surface area contributed by atoms with Crippen molar-refractivity contribution >= 4 is 19.8 Å². The predicted octanol–water partition coefficient (Wildman–Crippen LogP) is 5.85. The van der Waals surface area contributed by atoms with Gasteiger partial charge in [-0.05, 0) is 52.3 Å². The minimum absolute atomic E-state index is 0.0311. The maximum atomic E-state index is 12.2. The van der Waals surface area contributed by atoms with E-state index >= 15 is 0 Å². The average Bonchev–Trinajstić information content (AvgIpc) is 2.95. The molecule has 0 spiro atoms. The normalized spacial score (nSPS) is 13.6. The van der Waals surface area contributed by atoms with Crippen LogP contribution in [0.2, 0.25) is 0 Å². The van der Waals surface area contributed by atoms with Gasteiger partial charge in [0.2, 0.25) is 0 Å². The summed E-state index contributed by atoms with van der Waals surface area (Å²) in [6.07, 6.45) is 0.645. The van der Waals surface area contributed by atoms with E-state index in [1.165, 1.54) is 5.56 Å². The maximum absolute atomic E-state index is 12.2. The number of carbonyl (C=O) groups excluding carboxylic acids is 1. The number of esters is 1. The molecule has 0 fully saturated rings. The van der Waals surface area contributed by atoms with E-state index < -0.39 is 32.4 Å². The van der Waals surface area contributed by atoms with E-state index in [9.17, 15) is 19.0 Å². The first kappa shape index (κ1) is 33.0. The Kier molecular flexibility index (Phi) is 11.8. The Morgan fingerprint density at radius 3 is 2.33 bits per heavy atom. The minimum Gasteiger partial charge on any atom is -0.480 e. The molecule has 3 aromatic carbocycles. The van der Waals surface area contributed by atoms with Crippen LogP contribution in [-0.4, -0.2) is 47.8 Å². The minimum atomic E-state index is -4.46. The van der Waals surface area contributed by atoms with Gasteiger partial charge in [-0.3, -0.25) is 18.6 Å². The lowest BCUT2D eigenvalue weighted by molar-refractivity contribution is -0.143. The largest absolute Gasteiger partial charge is 0.480 e. The van der Waals surface area contributed by atoms with Crippen molar-refractivity contribution in [2.45, 2.75) is 51.5 Å². The number of phosphoric acid groups is 1. The van der Waals surface area contributed by atoms with Crippen LogP contribution < -0.4 is 10.5 Å². The van der Waals surface area contributed by atoms with E-state index in [1.807, 2.05) is 48.5 Å². The van der Waals surface area contributed by atoms with Gasteiger partial charge < -0.3 is 25.2 Å². The third-order valence-electron chi connectivity index (χ3n) is 6.26. The number of aryl methyl sites for hydroxylation is 1. The predicted molar refractivity (Wildman–Crippen MR) is 158 cm³/mol. The van der Waals surface area contributed by atoms with E-state index in [-0.39, 0.29) is 31.5 Å². The van der Waals surface area contributed by atoms with E-state index in [0.29, 0.717) is 17.9 Å². The zero-order valence-corrected chi connectivity index (χ0v) is 24.9. The summed E-state index contributed by atoms with van der Waals surface area (Å²) in [5, 5.41) is 8.67. The quantitative estimate of drug-likeness (QED) is 0.110. The number of carboxylic acid groups (broad SMARTS) is 1. The fourth-order valence-corrected chi connectivity index (χ4v) is 4.62. The molecule has 0 heterocycles. The first-order chi connectivity index (χ1) is 19.8. The van der Waals surface area contributed by atoms with Gasteiger partial charge in [0.05, 0.1) is 19.8 Å². The number of nitrogens with two attached hydrogens (primary N) is 1. The van der Waals surface area contributed by atoms with Crippen LogP contribution in [0.25, 0.3) is 11.1 Å². The van der Waals surface area contributed by atoms with Crippen LogP contribution in [0.1, 0.15) is 44.7 Å². The molecule has 0 saturated carbocycles. The van der Waals surface area contributed by atoms with Gasteiger partial charge >= 0.3 is 19.8 Å². The second kappa shape index (κ2) is 15.1. The van der Waals surface area contributed by atoms with Crippen molar-refractivity contribution in [2.24, 2.45) is 5.73 Å². The van der Waals surface area contributed by atoms with Crippen LogP contribution in [0.4, 0.5) is 0 Å². The number of hydrogen-bond acceptors (Lipinski definition) is 8. The second-order valence-electron chi connectivity index (χ2n) is 10.7. The Morgan fingerprint density at radius 2 is 1.64 bits per heavy atom. The number of rotatable bonds is 15. The molecule has 0 amide bonds. The van der Waals surface area contributed by atoms with Gasteiger partial charge in [0.25, 0.3) is 0 Å². The van der Waals surface area contributed by atoms with Crippen molar-refractivity contribution in [1.82, 2.24) is 0 Å². The molecular weight excluding hydrogens is 561 g/mol. The molecule has 0 radical (unpaired) electrons. The third-order valence-corrected chi connectivity index (χ3v) is 7.24. The molecule has 0 aliphatic carbocycles. The number of para-hydroxylation sites is 1. The van der Waals surface area contributed by atoms with Gasteiger partial charge in [0.1, 0.15) is 17.5 Å². The van der Waals surface area contributed by atoms with E-state index in [1.54, 1.807) is 0 Å². The molecule has 11 heteroatoms. The average molecular weight is 600 g/mol. The van der Waals surface area contributed by atoms with Crippen LogP contribution in [0.5, 0.6) is 11.5 Å². The number of aliphatic carboxylic acids is 1. The van der Waals surface area contributed by atoms with Crippen molar-refractivity contribution in [3.05, 3.63) is 83.9 Å². The van der Waals surface area contributed by atoms with Gasteiger partial charge in [0, 0.05) is 12.8 Å². The summed E-state index contributed by atoms with van der Waals surface area (Å²) < 4.78 is 32.3. The summed E-state index contributed by atoms with van der Waals surface area (Å²) in [7, 11) is -4.46. The van der Waals surface area contributed by atoms with E-state index in [4.69, 9.17) is 24.8 Å². The number of benzene rings is 3. The number of carbonyl (C=O) groups is 2. The standard InChI is InChI=1S/C31H38NO9P/c1-31(2,3)25-10-6-9-24(20-25)22-12-15-26(16-13-22)41-28-11-5-4-8-23(28)14-17-29(33)38-18-7-19-39-42(36,37)40-21-27(32)30(34)35/h4-6,8-13,15-16,20,27H,7,14,17-19,21,32H2,1-3H3,(H,34,35)(H,36,37)/t27-/m0/s1. The molecule has 2 atom stereocenters. The van der Waals surface area contributed by atoms with Crippen LogP contribution in [0, 0.1) is 0 Å². The Bertz CT molecular complexity index is 1390. The summed E-state index contributed by atoms with van der Waals surface area (Å²) in [6.45, 7) is 5.63. The lowest BCUT2D eigenvalue weighted by atomic mass is 9.85. The molecule has 226 valence electrons. The fourth-order valence-electron chi connectivity index (χ4n) is 3.83. The molecule has 0 aromatic heterocycles. The van der Waals surface area contributed by atoms with Gasteiger partial charge in [0.15, 0.2) is 0 Å². The van der Waals surface area contributed by atoms with Crippen LogP contribution in [0.15, 0.2) is 72.8 Å². The first-order valence-corrected chi connectivity index (χ1v) is 15.1. The van der Waals surface area contributed by atoms with Gasteiger partial charge in [-0.15, -0.1) is 0 Å². The highest BCUT2D eigenvalue weighted by atomic mass is 31.2. The molecule has 0 bridgehead atoms. The SMILES string of the molecule is CC(C)(C)c1cccc(-c2ccc(Oc3ccccc3CCC(=O)OCCCOP(=O)(O)OC[C@H](N)C(=O)O)cc2)c1. The molecule has 3 rings (SSSR count). The number of ether oxygens (including phenoxy) is 2. The highest BCUT2D eigenvalue weighted by Gasteiger charge is 2.24. The lowest BCUT2D eigenvalue weighted by Gasteiger charge is -2.20. The molecule has 4 N–H and O–H groups in total. The second-order valence-corrected chi connectivity index (χ2v) is 12.1. The Labute approximate surface area is 246 Å². The lowest BCUT2D eigenvalue weighted by Crippen LogP contribution is -2.34. The smallest absolute Gasteiger partial charge is 0.472 e. The van der Waals surface area contributed by atoms with Crippen LogP contribution in [0.3, 0.4) is 0 Å². The summed E-state index contributed by atoms with van der Waals surface area (Å²) >= 11 is 0. The summed E-state index contributed by atoms with van der Waals surface area (Å²) in [5.74, 6) is -0.496. The molecule has 0 aliphatic rings. The molecule has 0 aliphatic heterocycles. The van der Waals surface area contributed by atoms with Gasteiger partial charge in [-0.25, -0.2) is 4.57 Å². The summed E-state index contributed by atoms with van der Waals surface area (Å²) in [5.41, 5.74) is 9.61. The van der Waals surface area contributed by atoms with Gasteiger partial charge in [-0.1, -0.05) is 75.4 Å². The summed E-state index contributed by atoms with van der Waals surface area (Å²) in [4.78, 5) is 32.4. The number of phosphoric ester groups is 1. The molecule has 10 nitrogen and oxygen atoms in total. The Morgan fingerprint density at radius 1 is 0.929 bits per heavy atom. The molecular formula is C31H38NO9P. The Hall–Kier alpha value is -3.53. The zero-order chi connectivity index (χ0) is 30.8. The van der Waals surface area contributed by atoms with Crippen LogP contribution >= 0.6 is 7.82 Å². The zero-order valence-electron chi connectivity index (χ0n) is 24.0. The fraction of sp³-hybridized carbons (Fsp3) is 0.355. The van der Waals surface area contributed by atoms with Crippen molar-refractivity contribution < 1.29 is 42.7 Å². The van der Waals surface area contributed by atoms with Crippen LogP contribution in [-0.2, 0) is 39.8 Å². The first-order valence-electron chi connectivity index (χ1n) is 13.6. The maximum Gasteiger partial charge on any atom is 0.472 e. The van der Waals surface area contributed by atoms with E-state index in [0.717, 1.165) is 16.7 Å². The molecule has 0 saturated heterocycles. The van der Waals surface area contributed by atoms with Crippen molar-refractivity contribution in [3.63, 3.8) is 0 Å². The summed E-state index contributed by atoms with van der Waals surface area (Å²) in [6, 6.07) is 22.4. The highest BCUT2D eigenvalue weighted by molar-refractivity contribution is 7.47. The number of carboxylic acids is 1. The Balaban J connectivity index is 1.45. The van der Waals surface area contributed by atoms with Crippen molar-refractivity contribution in [1.29, 1.82) is 0 Å². The molecule has 3 aromatic rings. The topological polar surface area (TPSA) is 155 Å². The van der Waals surface area contributed by atoms with Crippen molar-refractivity contribution in [3.8, 4) is 22.6 Å². The molecule has 1 unspecified atom stereocenters. The van der Waals surface area contributed by atoms with Crippen molar-refractivity contribution in [2.75, 3.05) is 19.8 Å². The highest BCUT2D eigenvalue weighted by Crippen LogP contribution is 2.43. The molecule has 42 heavy (non-hydrogen) atoms. The van der Waals surface area contributed by atoms with Gasteiger partial charge in [-0.2, -0.15) is 0 Å².